The third kappa shape index (κ3) is 5.16. The van der Waals surface area contributed by atoms with Gasteiger partial charge in [0.05, 0.1) is 11.4 Å². The number of fused-ring (bicyclic) bond motifs is 1. The fraction of sp³-hybridized carbons (Fsp3) is 0.444. The number of aromatic nitrogens is 1. The summed E-state index contributed by atoms with van der Waals surface area (Å²) in [6.07, 6.45) is 7.48. The fourth-order valence-electron chi connectivity index (χ4n) is 4.79. The molecule has 4 heterocycles. The lowest BCUT2D eigenvalue weighted by Crippen LogP contribution is -2.30. The molecule has 2 aliphatic heterocycles. The molecule has 1 aromatic carbocycles. The van der Waals surface area contributed by atoms with E-state index in [1.165, 1.54) is 6.42 Å². The van der Waals surface area contributed by atoms with E-state index in [4.69, 9.17) is 8.83 Å². The largest absolute Gasteiger partial charge is 0.455 e. The first-order valence-electron chi connectivity index (χ1n) is 12.7. The van der Waals surface area contributed by atoms with Crippen molar-refractivity contribution in [2.24, 2.45) is 10.9 Å². The van der Waals surface area contributed by atoms with Crippen molar-refractivity contribution in [1.29, 1.82) is 0 Å². The molecule has 190 valence electrons. The maximum absolute atomic E-state index is 13.3. The van der Waals surface area contributed by atoms with E-state index in [9.17, 15) is 4.79 Å². The van der Waals surface area contributed by atoms with Crippen LogP contribution in [0.25, 0.3) is 11.1 Å². The van der Waals surface area contributed by atoms with Gasteiger partial charge in [0, 0.05) is 56.0 Å². The zero-order chi connectivity index (χ0) is 25.1. The molecular formula is C27H34N6O3. The molecule has 0 saturated carbocycles. The van der Waals surface area contributed by atoms with E-state index >= 15 is 0 Å². The van der Waals surface area contributed by atoms with E-state index < -0.39 is 0 Å². The number of hydrogen-bond acceptors (Lipinski definition) is 8. The second-order valence-electron chi connectivity index (χ2n) is 9.56. The number of likely N-dealkylation sites (N-methyl/N-ethyl adjacent to an activating group) is 1. The number of amides is 1. The monoisotopic (exact) mass is 490 g/mol. The summed E-state index contributed by atoms with van der Waals surface area (Å²) in [6, 6.07) is 7.96. The molecule has 9 heteroatoms. The molecule has 1 amide bonds. The second kappa shape index (κ2) is 10.6. The summed E-state index contributed by atoms with van der Waals surface area (Å²) in [5.74, 6) is 1.02. The number of anilines is 3. The topological polar surface area (TPSA) is 108 Å². The highest BCUT2D eigenvalue weighted by molar-refractivity contribution is 6.05. The summed E-state index contributed by atoms with van der Waals surface area (Å²) in [6.45, 7) is 7.45. The van der Waals surface area contributed by atoms with Gasteiger partial charge < -0.3 is 29.7 Å². The minimum Gasteiger partial charge on any atom is -0.455 e. The molecule has 2 aromatic heterocycles. The molecule has 0 bridgehead atoms. The van der Waals surface area contributed by atoms with Gasteiger partial charge in [-0.25, -0.2) is 0 Å². The van der Waals surface area contributed by atoms with Crippen molar-refractivity contribution < 1.29 is 13.6 Å². The summed E-state index contributed by atoms with van der Waals surface area (Å²) in [7, 11) is 1.90. The Bertz CT molecular complexity index is 1280. The molecule has 5 rings (SSSR count). The fourth-order valence-corrected chi connectivity index (χ4v) is 4.79. The molecule has 3 N–H and O–H groups in total. The zero-order valence-corrected chi connectivity index (χ0v) is 21.1. The Morgan fingerprint density at radius 3 is 2.78 bits per heavy atom. The van der Waals surface area contributed by atoms with Crippen LogP contribution in [0, 0.1) is 5.92 Å². The molecule has 0 spiro atoms. The molecule has 1 fully saturated rings. The van der Waals surface area contributed by atoms with Crippen LogP contribution in [0.1, 0.15) is 55.3 Å². The van der Waals surface area contributed by atoms with Gasteiger partial charge in [-0.05, 0) is 51.4 Å². The number of piperidine rings is 1. The van der Waals surface area contributed by atoms with Crippen molar-refractivity contribution in [2.45, 2.75) is 39.0 Å². The molecule has 2 atom stereocenters. The number of carbonyl (C=O) groups is 1. The predicted octanol–water partition coefficient (Wildman–Crippen LogP) is 5.00. The van der Waals surface area contributed by atoms with Crippen LogP contribution >= 0.6 is 0 Å². The number of nitrogens with one attached hydrogen (secondary N) is 3. The van der Waals surface area contributed by atoms with Crippen LogP contribution < -0.4 is 20.9 Å². The van der Waals surface area contributed by atoms with E-state index in [0.29, 0.717) is 23.8 Å². The number of hydrogen-bond donors (Lipinski definition) is 3. The van der Waals surface area contributed by atoms with Crippen molar-refractivity contribution in [3.8, 4) is 0 Å². The number of benzene rings is 1. The number of aliphatic imine (C=N–C) groups is 1. The Morgan fingerprint density at radius 1 is 1.14 bits per heavy atom. The number of allylic oxidation sites excluding steroid dienone is 2. The van der Waals surface area contributed by atoms with Crippen molar-refractivity contribution >= 4 is 40.6 Å². The quantitative estimate of drug-likeness (QED) is 0.381. The molecule has 9 nitrogen and oxygen atoms in total. The Hall–Kier alpha value is -3.59. The smallest absolute Gasteiger partial charge is 0.295 e. The number of carbonyl (C=O) groups excluding carboxylic acids is 1. The van der Waals surface area contributed by atoms with Crippen LogP contribution in [-0.4, -0.2) is 50.3 Å². The van der Waals surface area contributed by atoms with Crippen LogP contribution in [0.5, 0.6) is 0 Å². The van der Waals surface area contributed by atoms with Gasteiger partial charge in [-0.3, -0.25) is 9.79 Å². The van der Waals surface area contributed by atoms with Gasteiger partial charge in [0.15, 0.2) is 11.3 Å². The highest BCUT2D eigenvalue weighted by Gasteiger charge is 2.25. The number of rotatable bonds is 8. The molecule has 3 aromatic rings. The van der Waals surface area contributed by atoms with Crippen LogP contribution in [0.15, 0.2) is 49.9 Å². The lowest BCUT2D eigenvalue weighted by Gasteiger charge is -2.30. The Morgan fingerprint density at radius 2 is 1.97 bits per heavy atom. The highest BCUT2D eigenvalue weighted by Crippen LogP contribution is 2.35. The first-order valence-corrected chi connectivity index (χ1v) is 12.7. The standard InChI is InChI=1S/C27H34N6O3/c1-17-16-30-18(2)13-19(17)23-7-8-24(35-23)26(34)31-20-15-25-21(32-27(36-25)29-10-9-28-3)14-22(20)33-11-5-4-6-12-33/h7-8,13-17,19,28H,4-6,9-12H2,1-3H3,(H,29,32)(H,31,34). The Kier molecular flexibility index (Phi) is 7.09. The average Bonchev–Trinajstić information content (AvgIpc) is 3.53. The molecule has 2 aliphatic rings. The SMILES string of the molecule is CNCCNc1nc2cc(N3CCCCC3)c(NC(=O)c3ccc(C4C=C(C)N=CC4C)o3)cc2o1. The van der Waals surface area contributed by atoms with E-state index in [1.54, 1.807) is 6.07 Å². The number of nitrogens with zero attached hydrogens (tertiary/aromatic N) is 3. The van der Waals surface area contributed by atoms with E-state index in [-0.39, 0.29) is 23.5 Å². The normalized spacial score (nSPS) is 20.0. The zero-order valence-electron chi connectivity index (χ0n) is 21.1. The third-order valence-corrected chi connectivity index (χ3v) is 6.78. The van der Waals surface area contributed by atoms with Gasteiger partial charge >= 0.3 is 0 Å². The molecule has 2 unspecified atom stereocenters. The summed E-state index contributed by atoms with van der Waals surface area (Å²) >= 11 is 0. The van der Waals surface area contributed by atoms with Crippen LogP contribution in [-0.2, 0) is 0 Å². The summed E-state index contributed by atoms with van der Waals surface area (Å²) in [5, 5.41) is 9.36. The van der Waals surface area contributed by atoms with Crippen molar-refractivity contribution in [2.75, 3.05) is 48.8 Å². The molecule has 36 heavy (non-hydrogen) atoms. The van der Waals surface area contributed by atoms with Gasteiger partial charge in [0.2, 0.25) is 0 Å². The lowest BCUT2D eigenvalue weighted by atomic mass is 9.90. The van der Waals surface area contributed by atoms with Crippen LogP contribution in [0.4, 0.5) is 17.4 Å². The van der Waals surface area contributed by atoms with Gasteiger partial charge in [0.25, 0.3) is 11.9 Å². The third-order valence-electron chi connectivity index (χ3n) is 6.78. The van der Waals surface area contributed by atoms with E-state index in [0.717, 1.165) is 55.1 Å². The van der Waals surface area contributed by atoms with Crippen molar-refractivity contribution in [3.05, 3.63) is 47.6 Å². The number of furan rings is 1. The average molecular weight is 491 g/mol. The van der Waals surface area contributed by atoms with Gasteiger partial charge in [-0.1, -0.05) is 13.0 Å². The first kappa shape index (κ1) is 24.1. The van der Waals surface area contributed by atoms with Gasteiger partial charge in [0.1, 0.15) is 11.3 Å². The summed E-state index contributed by atoms with van der Waals surface area (Å²) < 4.78 is 12.0. The summed E-state index contributed by atoms with van der Waals surface area (Å²) in [5.41, 5.74) is 3.98. The maximum atomic E-state index is 13.3. The Balaban J connectivity index is 1.41. The highest BCUT2D eigenvalue weighted by atomic mass is 16.4. The molecule has 0 aliphatic carbocycles. The lowest BCUT2D eigenvalue weighted by molar-refractivity contribution is 0.0994. The molecule has 1 saturated heterocycles. The first-order chi connectivity index (χ1) is 17.5. The minimum atomic E-state index is -0.288. The predicted molar refractivity (Wildman–Crippen MR) is 143 cm³/mol. The van der Waals surface area contributed by atoms with Gasteiger partial charge in [-0.2, -0.15) is 4.98 Å². The van der Waals surface area contributed by atoms with Crippen LogP contribution in [0.3, 0.4) is 0 Å². The van der Waals surface area contributed by atoms with Crippen molar-refractivity contribution in [1.82, 2.24) is 10.3 Å². The minimum absolute atomic E-state index is 0.0623. The Labute approximate surface area is 211 Å². The van der Waals surface area contributed by atoms with Gasteiger partial charge in [-0.15, -0.1) is 0 Å². The number of oxazole rings is 1. The maximum Gasteiger partial charge on any atom is 0.295 e. The molecular weight excluding hydrogens is 456 g/mol. The molecule has 0 radical (unpaired) electrons. The van der Waals surface area contributed by atoms with E-state index in [1.807, 2.05) is 38.4 Å². The summed E-state index contributed by atoms with van der Waals surface area (Å²) in [4.78, 5) is 24.6. The van der Waals surface area contributed by atoms with Crippen LogP contribution in [0.2, 0.25) is 0 Å². The van der Waals surface area contributed by atoms with E-state index in [2.05, 4.69) is 43.8 Å². The second-order valence-corrected chi connectivity index (χ2v) is 9.56. The van der Waals surface area contributed by atoms with Crippen molar-refractivity contribution in [3.63, 3.8) is 0 Å².